The number of hydrogen-bond acceptors (Lipinski definition) is 3. The van der Waals surface area contributed by atoms with Crippen molar-refractivity contribution in [1.82, 2.24) is 10.6 Å². The van der Waals surface area contributed by atoms with Gasteiger partial charge in [-0.15, -0.1) is 0 Å². The molecule has 0 aliphatic carbocycles. The van der Waals surface area contributed by atoms with Gasteiger partial charge in [0.1, 0.15) is 0 Å². The summed E-state index contributed by atoms with van der Waals surface area (Å²) in [6.45, 7) is 6.87. The van der Waals surface area contributed by atoms with Crippen LogP contribution in [0.2, 0.25) is 0 Å². The molecule has 1 aliphatic heterocycles. The number of carbonyl (C=O) groups is 2. The van der Waals surface area contributed by atoms with Gasteiger partial charge in [0.15, 0.2) is 0 Å². The van der Waals surface area contributed by atoms with Crippen LogP contribution in [0.4, 0.5) is 0 Å². The van der Waals surface area contributed by atoms with Gasteiger partial charge in [0.2, 0.25) is 5.91 Å². The van der Waals surface area contributed by atoms with Crippen LogP contribution in [0.3, 0.4) is 0 Å². The molecule has 0 aromatic heterocycles. The molecule has 5 nitrogen and oxygen atoms in total. The normalized spacial score (nSPS) is 24.3. The van der Waals surface area contributed by atoms with E-state index in [0.29, 0.717) is 6.42 Å². The van der Waals surface area contributed by atoms with Crippen LogP contribution in [-0.2, 0) is 9.59 Å². The van der Waals surface area contributed by atoms with Crippen LogP contribution in [0.1, 0.15) is 46.5 Å². The second-order valence-electron chi connectivity index (χ2n) is 5.69. The Kier molecular flexibility index (Phi) is 5.14. The lowest BCUT2D eigenvalue weighted by molar-refractivity contribution is -0.138. The highest BCUT2D eigenvalue weighted by molar-refractivity contribution is 5.83. The number of carboxylic acid groups (broad SMARTS) is 1. The van der Waals surface area contributed by atoms with Crippen molar-refractivity contribution in [2.75, 3.05) is 6.54 Å². The minimum Gasteiger partial charge on any atom is -0.481 e. The van der Waals surface area contributed by atoms with Crippen LogP contribution in [0.5, 0.6) is 0 Å². The molecule has 1 aliphatic rings. The van der Waals surface area contributed by atoms with Crippen molar-refractivity contribution in [3.05, 3.63) is 0 Å². The predicted octanol–water partition coefficient (Wildman–Crippen LogP) is 1.13. The number of piperidine rings is 1. The Morgan fingerprint density at radius 2 is 2.17 bits per heavy atom. The van der Waals surface area contributed by atoms with Gasteiger partial charge in [-0.25, -0.2) is 0 Å². The van der Waals surface area contributed by atoms with E-state index in [-0.39, 0.29) is 29.8 Å². The molecule has 5 heteroatoms. The van der Waals surface area contributed by atoms with E-state index in [1.165, 1.54) is 0 Å². The molecule has 3 N–H and O–H groups in total. The SMILES string of the molecule is CCC(CC(=O)O)NC(=O)C1NCCCC1(C)C. The number of rotatable bonds is 5. The Labute approximate surface area is 108 Å². The van der Waals surface area contributed by atoms with Crippen molar-refractivity contribution in [3.63, 3.8) is 0 Å². The highest BCUT2D eigenvalue weighted by Crippen LogP contribution is 2.30. The van der Waals surface area contributed by atoms with Crippen LogP contribution in [-0.4, -0.2) is 35.6 Å². The molecule has 2 unspecified atom stereocenters. The van der Waals surface area contributed by atoms with E-state index in [2.05, 4.69) is 24.5 Å². The summed E-state index contributed by atoms with van der Waals surface area (Å²) in [7, 11) is 0. The lowest BCUT2D eigenvalue weighted by Gasteiger charge is -2.38. The van der Waals surface area contributed by atoms with Crippen molar-refractivity contribution >= 4 is 11.9 Å². The zero-order valence-corrected chi connectivity index (χ0v) is 11.5. The predicted molar refractivity (Wildman–Crippen MR) is 69.3 cm³/mol. The fourth-order valence-corrected chi connectivity index (χ4v) is 2.45. The molecule has 1 fully saturated rings. The number of hydrogen-bond donors (Lipinski definition) is 3. The maximum Gasteiger partial charge on any atom is 0.305 e. The highest BCUT2D eigenvalue weighted by Gasteiger charge is 2.37. The molecule has 1 saturated heterocycles. The van der Waals surface area contributed by atoms with E-state index in [1.54, 1.807) is 0 Å². The van der Waals surface area contributed by atoms with Crippen LogP contribution >= 0.6 is 0 Å². The topological polar surface area (TPSA) is 78.4 Å². The van der Waals surface area contributed by atoms with Crippen molar-refractivity contribution in [2.24, 2.45) is 5.41 Å². The van der Waals surface area contributed by atoms with E-state index < -0.39 is 5.97 Å². The molecule has 0 bridgehead atoms. The van der Waals surface area contributed by atoms with Gasteiger partial charge in [-0.3, -0.25) is 9.59 Å². The molecule has 1 heterocycles. The molecule has 1 amide bonds. The van der Waals surface area contributed by atoms with Gasteiger partial charge in [0.05, 0.1) is 12.5 Å². The Morgan fingerprint density at radius 3 is 2.67 bits per heavy atom. The van der Waals surface area contributed by atoms with E-state index in [0.717, 1.165) is 19.4 Å². The number of carbonyl (C=O) groups excluding carboxylic acids is 1. The first-order chi connectivity index (χ1) is 8.36. The summed E-state index contributed by atoms with van der Waals surface area (Å²) < 4.78 is 0. The molecule has 1 rings (SSSR count). The first kappa shape index (κ1) is 15.0. The van der Waals surface area contributed by atoms with Crippen LogP contribution in [0.15, 0.2) is 0 Å². The number of amides is 1. The minimum atomic E-state index is -0.877. The quantitative estimate of drug-likeness (QED) is 0.689. The fraction of sp³-hybridized carbons (Fsp3) is 0.846. The third-order valence-electron chi connectivity index (χ3n) is 3.65. The third-order valence-corrected chi connectivity index (χ3v) is 3.65. The largest absolute Gasteiger partial charge is 0.481 e. The second kappa shape index (κ2) is 6.18. The Bertz CT molecular complexity index is 315. The zero-order chi connectivity index (χ0) is 13.8. The van der Waals surface area contributed by atoms with Crippen molar-refractivity contribution in [3.8, 4) is 0 Å². The van der Waals surface area contributed by atoms with Gasteiger partial charge in [-0.05, 0) is 31.2 Å². The van der Waals surface area contributed by atoms with Gasteiger partial charge in [0, 0.05) is 6.04 Å². The zero-order valence-electron chi connectivity index (χ0n) is 11.5. The first-order valence-corrected chi connectivity index (χ1v) is 6.62. The van der Waals surface area contributed by atoms with Gasteiger partial charge >= 0.3 is 5.97 Å². The molecule has 0 spiro atoms. The lowest BCUT2D eigenvalue weighted by atomic mass is 9.77. The minimum absolute atomic E-state index is 0.0185. The Balaban J connectivity index is 2.60. The average molecular weight is 256 g/mol. The molecule has 2 atom stereocenters. The van der Waals surface area contributed by atoms with E-state index in [9.17, 15) is 9.59 Å². The molecule has 0 aromatic carbocycles. The maximum atomic E-state index is 12.2. The molecule has 104 valence electrons. The third kappa shape index (κ3) is 3.98. The van der Waals surface area contributed by atoms with Gasteiger partial charge in [-0.1, -0.05) is 20.8 Å². The van der Waals surface area contributed by atoms with Gasteiger partial charge in [-0.2, -0.15) is 0 Å². The van der Waals surface area contributed by atoms with E-state index in [4.69, 9.17) is 5.11 Å². The Hall–Kier alpha value is -1.10. The second-order valence-corrected chi connectivity index (χ2v) is 5.69. The summed E-state index contributed by atoms with van der Waals surface area (Å²) in [5, 5.41) is 14.8. The summed E-state index contributed by atoms with van der Waals surface area (Å²) in [4.78, 5) is 22.9. The summed E-state index contributed by atoms with van der Waals surface area (Å²) in [5.41, 5.74) is -0.0795. The molecular weight excluding hydrogens is 232 g/mol. The fourth-order valence-electron chi connectivity index (χ4n) is 2.45. The van der Waals surface area contributed by atoms with Gasteiger partial charge in [0.25, 0.3) is 0 Å². The maximum absolute atomic E-state index is 12.2. The molecular formula is C13H24N2O3. The first-order valence-electron chi connectivity index (χ1n) is 6.62. The molecule has 0 saturated carbocycles. The Morgan fingerprint density at radius 1 is 1.50 bits per heavy atom. The van der Waals surface area contributed by atoms with Crippen molar-refractivity contribution in [2.45, 2.75) is 58.5 Å². The smallest absolute Gasteiger partial charge is 0.305 e. The molecule has 18 heavy (non-hydrogen) atoms. The molecule has 0 aromatic rings. The summed E-state index contributed by atoms with van der Waals surface area (Å²) in [6.07, 6.45) is 2.69. The average Bonchev–Trinajstić information content (AvgIpc) is 2.26. The van der Waals surface area contributed by atoms with E-state index >= 15 is 0 Å². The lowest BCUT2D eigenvalue weighted by Crippen LogP contribution is -2.57. The van der Waals surface area contributed by atoms with Gasteiger partial charge < -0.3 is 15.7 Å². The number of carboxylic acids is 1. The molecule has 0 radical (unpaired) electrons. The van der Waals surface area contributed by atoms with Crippen molar-refractivity contribution in [1.29, 1.82) is 0 Å². The number of nitrogens with one attached hydrogen (secondary N) is 2. The standard InChI is InChI=1S/C13H24N2O3/c1-4-9(8-10(16)17)15-12(18)11-13(2,3)6-5-7-14-11/h9,11,14H,4-8H2,1-3H3,(H,15,18)(H,16,17). The summed E-state index contributed by atoms with van der Waals surface area (Å²) in [6, 6.07) is -0.511. The van der Waals surface area contributed by atoms with Crippen LogP contribution in [0.25, 0.3) is 0 Å². The van der Waals surface area contributed by atoms with Crippen LogP contribution in [0, 0.1) is 5.41 Å². The van der Waals surface area contributed by atoms with Crippen molar-refractivity contribution < 1.29 is 14.7 Å². The summed E-state index contributed by atoms with van der Waals surface area (Å²) >= 11 is 0. The van der Waals surface area contributed by atoms with E-state index in [1.807, 2.05) is 6.92 Å². The van der Waals surface area contributed by atoms with Crippen LogP contribution < -0.4 is 10.6 Å². The summed E-state index contributed by atoms with van der Waals surface area (Å²) in [5.74, 6) is -0.953. The number of aliphatic carboxylic acids is 1. The monoisotopic (exact) mass is 256 g/mol. The highest BCUT2D eigenvalue weighted by atomic mass is 16.4.